The zero-order valence-electron chi connectivity index (χ0n) is 12.5. The Bertz CT molecular complexity index is 179. The van der Waals surface area contributed by atoms with Crippen molar-refractivity contribution in [2.24, 2.45) is 0 Å². The van der Waals surface area contributed by atoms with E-state index in [9.17, 15) is 9.90 Å². The van der Waals surface area contributed by atoms with Gasteiger partial charge in [0.15, 0.2) is 0 Å². The van der Waals surface area contributed by atoms with Crippen LogP contribution in [0.4, 0.5) is 0 Å². The van der Waals surface area contributed by atoms with Crippen molar-refractivity contribution in [1.29, 1.82) is 0 Å². The van der Waals surface area contributed by atoms with E-state index in [1.165, 1.54) is 33.1 Å². The molecule has 1 aliphatic rings. The molecular formula is C14H31NO2. The molecule has 2 N–H and O–H groups in total. The van der Waals surface area contributed by atoms with E-state index in [2.05, 4.69) is 5.32 Å². The van der Waals surface area contributed by atoms with Gasteiger partial charge in [-0.15, -0.1) is 0 Å². The van der Waals surface area contributed by atoms with E-state index in [0.29, 0.717) is 0 Å². The summed E-state index contributed by atoms with van der Waals surface area (Å²) in [6.45, 7) is 11.0. The van der Waals surface area contributed by atoms with Gasteiger partial charge in [-0.05, 0) is 26.7 Å². The first-order valence-electron chi connectivity index (χ1n) is 7.03. The summed E-state index contributed by atoms with van der Waals surface area (Å²) in [7, 11) is 0. The first-order valence-corrected chi connectivity index (χ1v) is 7.03. The fourth-order valence-corrected chi connectivity index (χ4v) is 1.61. The zero-order chi connectivity index (χ0) is 13.9. The van der Waals surface area contributed by atoms with Crippen LogP contribution in [0.15, 0.2) is 0 Å². The van der Waals surface area contributed by atoms with Crippen molar-refractivity contribution in [2.75, 3.05) is 0 Å². The second-order valence-electron chi connectivity index (χ2n) is 4.37. The summed E-state index contributed by atoms with van der Waals surface area (Å²) in [5, 5.41) is 12.3. The van der Waals surface area contributed by atoms with E-state index < -0.39 is 5.60 Å². The van der Waals surface area contributed by atoms with Crippen LogP contribution in [0.5, 0.6) is 0 Å². The molecule has 0 unspecified atom stereocenters. The van der Waals surface area contributed by atoms with Gasteiger partial charge in [0.1, 0.15) is 5.60 Å². The van der Waals surface area contributed by atoms with Gasteiger partial charge in [0.25, 0.3) is 5.91 Å². The van der Waals surface area contributed by atoms with Crippen LogP contribution in [-0.4, -0.2) is 22.7 Å². The Hall–Kier alpha value is -0.570. The normalized spacial score (nSPS) is 15.9. The molecule has 0 aromatic rings. The monoisotopic (exact) mass is 245 g/mol. The highest BCUT2D eigenvalue weighted by Crippen LogP contribution is 2.18. The number of hydrogen-bond acceptors (Lipinski definition) is 2. The minimum Gasteiger partial charge on any atom is -0.381 e. The average Bonchev–Trinajstić information content (AvgIpc) is 2.34. The molecule has 17 heavy (non-hydrogen) atoms. The quantitative estimate of drug-likeness (QED) is 0.784. The Morgan fingerprint density at radius 1 is 1.06 bits per heavy atom. The maximum absolute atomic E-state index is 11.4. The summed E-state index contributed by atoms with van der Waals surface area (Å²) in [4.78, 5) is 11.4. The number of carbonyl (C=O) groups excluding carboxylic acids is 1. The Morgan fingerprint density at radius 2 is 1.47 bits per heavy atom. The lowest BCUT2D eigenvalue weighted by Gasteiger charge is -2.26. The van der Waals surface area contributed by atoms with Gasteiger partial charge in [0, 0.05) is 6.04 Å². The largest absolute Gasteiger partial charge is 0.381 e. The van der Waals surface area contributed by atoms with Crippen molar-refractivity contribution in [3.63, 3.8) is 0 Å². The van der Waals surface area contributed by atoms with Crippen molar-refractivity contribution in [2.45, 2.75) is 85.3 Å². The fourth-order valence-electron chi connectivity index (χ4n) is 1.61. The Morgan fingerprint density at radius 3 is 1.82 bits per heavy atom. The standard InChI is InChI=1S/C10H19NO2.2C2H6/c1-10(2,13)9(12)11-8-6-4-3-5-7-8;2*1-2/h8,13H,3-7H2,1-2H3,(H,11,12);2*1-2H3. The summed E-state index contributed by atoms with van der Waals surface area (Å²) >= 11 is 0. The minimum absolute atomic E-state index is 0.251. The summed E-state index contributed by atoms with van der Waals surface area (Å²) in [6.07, 6.45) is 5.77. The maximum atomic E-state index is 11.4. The van der Waals surface area contributed by atoms with Crippen LogP contribution in [0.25, 0.3) is 0 Å². The van der Waals surface area contributed by atoms with E-state index in [1.807, 2.05) is 27.7 Å². The molecule has 0 atom stereocenters. The van der Waals surface area contributed by atoms with Crippen molar-refractivity contribution >= 4 is 5.91 Å². The molecule has 0 aliphatic heterocycles. The average molecular weight is 245 g/mol. The summed E-state index contributed by atoms with van der Waals surface area (Å²) in [6, 6.07) is 0.285. The van der Waals surface area contributed by atoms with Gasteiger partial charge in [0.05, 0.1) is 0 Å². The van der Waals surface area contributed by atoms with Crippen molar-refractivity contribution < 1.29 is 9.90 Å². The molecule has 3 nitrogen and oxygen atoms in total. The minimum atomic E-state index is -1.24. The van der Waals surface area contributed by atoms with E-state index in [0.717, 1.165) is 12.8 Å². The number of hydrogen-bond donors (Lipinski definition) is 2. The fraction of sp³-hybridized carbons (Fsp3) is 0.929. The van der Waals surface area contributed by atoms with Gasteiger partial charge >= 0.3 is 0 Å². The molecule has 1 amide bonds. The SMILES string of the molecule is CC.CC.CC(C)(O)C(=O)NC1CCCCC1. The van der Waals surface area contributed by atoms with Crippen LogP contribution in [0.2, 0.25) is 0 Å². The van der Waals surface area contributed by atoms with Crippen molar-refractivity contribution in [1.82, 2.24) is 5.32 Å². The van der Waals surface area contributed by atoms with E-state index >= 15 is 0 Å². The predicted octanol–water partition coefficient (Wildman–Crippen LogP) is 3.26. The highest BCUT2D eigenvalue weighted by Gasteiger charge is 2.26. The van der Waals surface area contributed by atoms with Gasteiger partial charge in [0.2, 0.25) is 0 Å². The lowest BCUT2D eigenvalue weighted by molar-refractivity contribution is -0.137. The number of amides is 1. The molecule has 1 aliphatic carbocycles. The van der Waals surface area contributed by atoms with Gasteiger partial charge < -0.3 is 10.4 Å². The van der Waals surface area contributed by atoms with Crippen LogP contribution in [0.1, 0.15) is 73.6 Å². The van der Waals surface area contributed by atoms with Crippen LogP contribution < -0.4 is 5.32 Å². The molecule has 3 heteroatoms. The Balaban J connectivity index is 0. The second kappa shape index (κ2) is 10.6. The number of rotatable bonds is 2. The van der Waals surface area contributed by atoms with Gasteiger partial charge in [-0.3, -0.25) is 4.79 Å². The predicted molar refractivity (Wildman–Crippen MR) is 74.0 cm³/mol. The molecule has 1 rings (SSSR count). The number of aliphatic hydroxyl groups is 1. The summed E-state index contributed by atoms with van der Waals surface area (Å²) in [5.74, 6) is -0.251. The highest BCUT2D eigenvalue weighted by molar-refractivity contribution is 5.84. The number of nitrogens with one attached hydrogen (secondary N) is 1. The lowest BCUT2D eigenvalue weighted by atomic mass is 9.95. The summed E-state index contributed by atoms with van der Waals surface area (Å²) < 4.78 is 0. The van der Waals surface area contributed by atoms with Crippen LogP contribution in [0.3, 0.4) is 0 Å². The molecule has 0 saturated heterocycles. The van der Waals surface area contributed by atoms with E-state index in [4.69, 9.17) is 0 Å². The number of carbonyl (C=O) groups is 1. The maximum Gasteiger partial charge on any atom is 0.251 e. The molecule has 0 aromatic carbocycles. The topological polar surface area (TPSA) is 49.3 Å². The molecule has 0 spiro atoms. The molecular weight excluding hydrogens is 214 g/mol. The van der Waals surface area contributed by atoms with Crippen LogP contribution in [-0.2, 0) is 4.79 Å². The van der Waals surface area contributed by atoms with Gasteiger partial charge in [-0.1, -0.05) is 47.0 Å². The molecule has 0 aromatic heterocycles. The van der Waals surface area contributed by atoms with Gasteiger partial charge in [-0.2, -0.15) is 0 Å². The summed E-state index contributed by atoms with van der Waals surface area (Å²) in [5.41, 5.74) is -1.24. The lowest BCUT2D eigenvalue weighted by Crippen LogP contribution is -2.47. The third kappa shape index (κ3) is 9.16. The van der Waals surface area contributed by atoms with E-state index in [1.54, 1.807) is 0 Å². The molecule has 0 bridgehead atoms. The second-order valence-corrected chi connectivity index (χ2v) is 4.37. The van der Waals surface area contributed by atoms with Crippen molar-refractivity contribution in [3.8, 4) is 0 Å². The van der Waals surface area contributed by atoms with Gasteiger partial charge in [-0.25, -0.2) is 0 Å². The third-order valence-corrected chi connectivity index (χ3v) is 2.50. The first-order chi connectivity index (χ1) is 8.00. The smallest absolute Gasteiger partial charge is 0.251 e. The molecule has 0 heterocycles. The van der Waals surface area contributed by atoms with Crippen LogP contribution in [0, 0.1) is 0 Å². The third-order valence-electron chi connectivity index (χ3n) is 2.50. The highest BCUT2D eigenvalue weighted by atomic mass is 16.3. The Labute approximate surface area is 107 Å². The molecule has 104 valence electrons. The molecule has 0 radical (unpaired) electrons. The van der Waals surface area contributed by atoms with Crippen LogP contribution >= 0.6 is 0 Å². The van der Waals surface area contributed by atoms with Crippen molar-refractivity contribution in [3.05, 3.63) is 0 Å². The Kier molecular flexibility index (Phi) is 11.7. The zero-order valence-corrected chi connectivity index (χ0v) is 12.5. The molecule has 1 saturated carbocycles. The van der Waals surface area contributed by atoms with E-state index in [-0.39, 0.29) is 11.9 Å². The molecule has 1 fully saturated rings. The first kappa shape index (κ1) is 18.8.